The van der Waals surface area contributed by atoms with Gasteiger partial charge in [-0.3, -0.25) is 4.79 Å². The molecule has 0 heterocycles. The van der Waals surface area contributed by atoms with Gasteiger partial charge < -0.3 is 4.74 Å². The summed E-state index contributed by atoms with van der Waals surface area (Å²) in [6.07, 6.45) is 0.534. The second-order valence-electron chi connectivity index (χ2n) is 3.19. The summed E-state index contributed by atoms with van der Waals surface area (Å²) in [5, 5.41) is 8.78. The molecule has 1 rings (SSSR count). The lowest BCUT2D eigenvalue weighted by Gasteiger charge is -2.06. The van der Waals surface area contributed by atoms with Crippen molar-refractivity contribution < 1.29 is 9.53 Å². The highest BCUT2D eigenvalue weighted by molar-refractivity contribution is 5.99. The van der Waals surface area contributed by atoms with Crippen LogP contribution in [-0.2, 0) is 0 Å². The first-order chi connectivity index (χ1) is 7.22. The number of carbonyl (C=O) groups excluding carboxylic acids is 1. The molecule has 0 aliphatic heterocycles. The number of ether oxygens (including phenoxy) is 1. The Balaban J connectivity index is 2.96. The third-order valence-electron chi connectivity index (χ3n) is 2.23. The first kappa shape index (κ1) is 11.3. The predicted molar refractivity (Wildman–Crippen MR) is 56.7 cm³/mol. The number of nitriles is 1. The quantitative estimate of drug-likeness (QED) is 0.706. The van der Waals surface area contributed by atoms with Crippen LogP contribution in [0.25, 0.3) is 0 Å². The molecule has 1 aromatic rings. The van der Waals surface area contributed by atoms with E-state index < -0.39 is 5.92 Å². The average Bonchev–Trinajstić information content (AvgIpc) is 2.30. The third-order valence-corrected chi connectivity index (χ3v) is 2.23. The zero-order valence-corrected chi connectivity index (χ0v) is 8.86. The van der Waals surface area contributed by atoms with E-state index in [1.807, 2.05) is 13.0 Å². The smallest absolute Gasteiger partial charge is 0.180 e. The van der Waals surface area contributed by atoms with Gasteiger partial charge in [-0.2, -0.15) is 5.26 Å². The summed E-state index contributed by atoms with van der Waals surface area (Å²) in [4.78, 5) is 11.8. The van der Waals surface area contributed by atoms with E-state index in [-0.39, 0.29) is 5.78 Å². The molecule has 0 radical (unpaired) electrons. The number of methoxy groups -OCH3 is 1. The first-order valence-electron chi connectivity index (χ1n) is 4.80. The summed E-state index contributed by atoms with van der Waals surface area (Å²) >= 11 is 0. The van der Waals surface area contributed by atoms with Gasteiger partial charge in [-0.25, -0.2) is 0 Å². The molecule has 78 valence electrons. The molecule has 0 saturated heterocycles. The Kier molecular flexibility index (Phi) is 3.87. The van der Waals surface area contributed by atoms with Crippen LogP contribution in [0, 0.1) is 17.2 Å². The van der Waals surface area contributed by atoms with Gasteiger partial charge >= 0.3 is 0 Å². The minimum atomic E-state index is -0.558. The molecular formula is C12H13NO2. The van der Waals surface area contributed by atoms with Crippen molar-refractivity contribution in [1.82, 2.24) is 0 Å². The van der Waals surface area contributed by atoms with Crippen LogP contribution < -0.4 is 4.74 Å². The molecule has 1 atom stereocenters. The van der Waals surface area contributed by atoms with Gasteiger partial charge in [0.25, 0.3) is 0 Å². The second-order valence-corrected chi connectivity index (χ2v) is 3.19. The number of hydrogen-bond donors (Lipinski definition) is 0. The zero-order chi connectivity index (χ0) is 11.3. The lowest BCUT2D eigenvalue weighted by Crippen LogP contribution is -2.11. The van der Waals surface area contributed by atoms with Gasteiger partial charge in [0.15, 0.2) is 5.78 Å². The molecule has 15 heavy (non-hydrogen) atoms. The molecule has 0 aromatic heterocycles. The highest BCUT2D eigenvalue weighted by Gasteiger charge is 2.17. The maximum atomic E-state index is 11.8. The van der Waals surface area contributed by atoms with Crippen molar-refractivity contribution in [3.63, 3.8) is 0 Å². The number of rotatable bonds is 4. The van der Waals surface area contributed by atoms with Gasteiger partial charge in [0.2, 0.25) is 0 Å². The van der Waals surface area contributed by atoms with E-state index in [0.29, 0.717) is 17.7 Å². The lowest BCUT2D eigenvalue weighted by molar-refractivity contribution is 0.0946. The molecule has 0 bridgehead atoms. The molecule has 0 spiro atoms. The highest BCUT2D eigenvalue weighted by Crippen LogP contribution is 2.17. The van der Waals surface area contributed by atoms with Gasteiger partial charge in [-0.05, 0) is 18.6 Å². The maximum Gasteiger partial charge on any atom is 0.180 e. The molecule has 0 fully saturated rings. The van der Waals surface area contributed by atoms with Crippen LogP contribution in [0.5, 0.6) is 5.75 Å². The number of carbonyl (C=O) groups is 1. The molecule has 0 saturated carbocycles. The lowest BCUT2D eigenvalue weighted by atomic mass is 9.97. The Hall–Kier alpha value is -1.82. The van der Waals surface area contributed by atoms with Crippen molar-refractivity contribution in [3.05, 3.63) is 29.8 Å². The van der Waals surface area contributed by atoms with Crippen LogP contribution in [0.15, 0.2) is 24.3 Å². The molecule has 1 unspecified atom stereocenters. The topological polar surface area (TPSA) is 50.1 Å². The van der Waals surface area contributed by atoms with Gasteiger partial charge in [-0.15, -0.1) is 0 Å². The summed E-state index contributed by atoms with van der Waals surface area (Å²) in [7, 11) is 1.55. The summed E-state index contributed by atoms with van der Waals surface area (Å²) in [6.45, 7) is 1.83. The van der Waals surface area contributed by atoms with E-state index in [9.17, 15) is 4.79 Å². The fourth-order valence-corrected chi connectivity index (χ4v) is 1.31. The van der Waals surface area contributed by atoms with Crippen LogP contribution in [-0.4, -0.2) is 12.9 Å². The molecule has 1 aromatic carbocycles. The summed E-state index contributed by atoms with van der Waals surface area (Å²) in [6, 6.07) is 8.87. The van der Waals surface area contributed by atoms with Crippen LogP contribution >= 0.6 is 0 Å². The molecule has 0 aliphatic carbocycles. The minimum Gasteiger partial charge on any atom is -0.497 e. The predicted octanol–water partition coefficient (Wildman–Crippen LogP) is 2.43. The molecule has 0 aliphatic rings. The summed E-state index contributed by atoms with van der Waals surface area (Å²) in [5.74, 6) is -0.0651. The Morgan fingerprint density at radius 3 is 2.87 bits per heavy atom. The van der Waals surface area contributed by atoms with Crippen LogP contribution in [0.3, 0.4) is 0 Å². The fourth-order valence-electron chi connectivity index (χ4n) is 1.31. The van der Waals surface area contributed by atoms with Gasteiger partial charge in [0, 0.05) is 5.56 Å². The van der Waals surface area contributed by atoms with E-state index in [4.69, 9.17) is 10.00 Å². The van der Waals surface area contributed by atoms with Gasteiger partial charge in [-0.1, -0.05) is 19.1 Å². The van der Waals surface area contributed by atoms with E-state index >= 15 is 0 Å². The monoisotopic (exact) mass is 203 g/mol. The standard InChI is InChI=1S/C12H13NO2/c1-3-9(8-13)12(14)10-5-4-6-11(7-10)15-2/h4-7,9H,3H2,1-2H3. The average molecular weight is 203 g/mol. The van der Waals surface area contributed by atoms with E-state index in [2.05, 4.69) is 0 Å². The van der Waals surface area contributed by atoms with Crippen molar-refractivity contribution in [1.29, 1.82) is 5.26 Å². The van der Waals surface area contributed by atoms with Crippen LogP contribution in [0.1, 0.15) is 23.7 Å². The highest BCUT2D eigenvalue weighted by atomic mass is 16.5. The molecule has 0 amide bonds. The number of hydrogen-bond acceptors (Lipinski definition) is 3. The van der Waals surface area contributed by atoms with E-state index in [1.165, 1.54) is 0 Å². The Bertz CT molecular complexity index is 393. The van der Waals surface area contributed by atoms with Gasteiger partial charge in [0.1, 0.15) is 11.7 Å². The van der Waals surface area contributed by atoms with Crippen molar-refractivity contribution in [3.8, 4) is 11.8 Å². The largest absolute Gasteiger partial charge is 0.497 e. The molecule has 0 N–H and O–H groups in total. The number of Topliss-reactive ketones (excluding diaryl/α,β-unsaturated/α-hetero) is 1. The van der Waals surface area contributed by atoms with Crippen molar-refractivity contribution in [2.75, 3.05) is 7.11 Å². The Labute approximate surface area is 89.3 Å². The Morgan fingerprint density at radius 2 is 2.33 bits per heavy atom. The van der Waals surface area contributed by atoms with E-state index in [0.717, 1.165) is 0 Å². The van der Waals surface area contributed by atoms with E-state index in [1.54, 1.807) is 31.4 Å². The summed E-state index contributed by atoms with van der Waals surface area (Å²) in [5.41, 5.74) is 0.530. The molecular weight excluding hydrogens is 190 g/mol. The third kappa shape index (κ3) is 2.57. The summed E-state index contributed by atoms with van der Waals surface area (Å²) < 4.78 is 5.02. The first-order valence-corrected chi connectivity index (χ1v) is 4.80. The van der Waals surface area contributed by atoms with Gasteiger partial charge in [0.05, 0.1) is 13.2 Å². The van der Waals surface area contributed by atoms with Crippen molar-refractivity contribution >= 4 is 5.78 Å². The SMILES string of the molecule is CCC(C#N)C(=O)c1cccc(OC)c1. The second kappa shape index (κ2) is 5.16. The Morgan fingerprint density at radius 1 is 1.60 bits per heavy atom. The van der Waals surface area contributed by atoms with Crippen LogP contribution in [0.2, 0.25) is 0 Å². The number of ketones is 1. The fraction of sp³-hybridized carbons (Fsp3) is 0.333. The minimum absolute atomic E-state index is 0.140. The molecule has 3 heteroatoms. The number of nitrogens with zero attached hydrogens (tertiary/aromatic N) is 1. The number of benzene rings is 1. The van der Waals surface area contributed by atoms with Crippen molar-refractivity contribution in [2.24, 2.45) is 5.92 Å². The van der Waals surface area contributed by atoms with Crippen LogP contribution in [0.4, 0.5) is 0 Å². The maximum absolute atomic E-state index is 11.8. The van der Waals surface area contributed by atoms with Crippen molar-refractivity contribution in [2.45, 2.75) is 13.3 Å². The zero-order valence-electron chi connectivity index (χ0n) is 8.86. The normalized spacial score (nSPS) is 11.5. The molecule has 3 nitrogen and oxygen atoms in total.